The number of hydrogen-bond donors (Lipinski definition) is 3. The fraction of sp³-hybridized carbons (Fsp3) is 0.333. The molecule has 6 heteroatoms. The molecule has 146 valence electrons. The van der Waals surface area contributed by atoms with Crippen LogP contribution < -0.4 is 16.4 Å². The molecule has 2 rings (SSSR count). The number of primary amides is 1. The monoisotopic (exact) mass is 480 g/mol. The minimum atomic E-state index is -0.415. The summed E-state index contributed by atoms with van der Waals surface area (Å²) in [7, 11) is 0. The van der Waals surface area contributed by atoms with Crippen LogP contribution in [0.3, 0.4) is 0 Å². The van der Waals surface area contributed by atoms with Gasteiger partial charge in [0.15, 0.2) is 5.96 Å². The van der Waals surface area contributed by atoms with Gasteiger partial charge in [0.2, 0.25) is 5.91 Å². The van der Waals surface area contributed by atoms with Crippen molar-refractivity contribution < 1.29 is 4.79 Å². The van der Waals surface area contributed by atoms with E-state index >= 15 is 0 Å². The van der Waals surface area contributed by atoms with Crippen molar-refractivity contribution in [2.75, 3.05) is 13.1 Å². The maximum Gasteiger partial charge on any atom is 0.248 e. The van der Waals surface area contributed by atoms with Crippen molar-refractivity contribution in [3.8, 4) is 0 Å². The van der Waals surface area contributed by atoms with Gasteiger partial charge in [-0.3, -0.25) is 4.79 Å². The van der Waals surface area contributed by atoms with E-state index < -0.39 is 5.91 Å². The number of aliphatic imine (C=N–C) groups is 1. The second-order valence-corrected chi connectivity index (χ2v) is 6.43. The summed E-state index contributed by atoms with van der Waals surface area (Å²) in [6, 6.07) is 13.8. The molecule has 1 amide bonds. The number of carbonyl (C=O) groups excluding carboxylic acids is 1. The molecular formula is C21H29IN4O. The molecule has 0 aromatic heterocycles. The topological polar surface area (TPSA) is 79.5 Å². The minimum absolute atomic E-state index is 0. The summed E-state index contributed by atoms with van der Waals surface area (Å²) in [6.45, 7) is 8.45. The summed E-state index contributed by atoms with van der Waals surface area (Å²) in [4.78, 5) is 15.7. The van der Waals surface area contributed by atoms with Crippen LogP contribution in [-0.4, -0.2) is 25.0 Å². The van der Waals surface area contributed by atoms with Crippen LogP contribution in [0.2, 0.25) is 0 Å². The van der Waals surface area contributed by atoms with Crippen molar-refractivity contribution in [3.63, 3.8) is 0 Å². The maximum atomic E-state index is 11.1. The highest BCUT2D eigenvalue weighted by molar-refractivity contribution is 14.0. The van der Waals surface area contributed by atoms with E-state index in [4.69, 9.17) is 5.73 Å². The summed E-state index contributed by atoms with van der Waals surface area (Å²) in [5.74, 6) is 0.372. The number of nitrogens with zero attached hydrogens (tertiary/aromatic N) is 1. The molecule has 0 saturated heterocycles. The van der Waals surface area contributed by atoms with Crippen molar-refractivity contribution in [2.24, 2.45) is 10.7 Å². The van der Waals surface area contributed by atoms with Crippen LogP contribution in [0.5, 0.6) is 0 Å². The Morgan fingerprint density at radius 2 is 1.63 bits per heavy atom. The molecule has 0 aliphatic carbocycles. The molecule has 27 heavy (non-hydrogen) atoms. The molecule has 0 aliphatic rings. The average molecular weight is 480 g/mol. The Morgan fingerprint density at radius 3 is 2.19 bits per heavy atom. The largest absolute Gasteiger partial charge is 0.366 e. The maximum absolute atomic E-state index is 11.1. The van der Waals surface area contributed by atoms with Gasteiger partial charge in [-0.15, -0.1) is 24.0 Å². The standard InChI is InChI=1S/C21H28N4O.HI/c1-4-23-21(24-10-9-18-12-15(2)11-16(3)13-18)25-14-17-5-7-19(8-6-17)20(22)26;/h5-8,11-13H,4,9-10,14H2,1-3H3,(H2,22,26)(H2,23,24,25);1H. The Bertz CT molecular complexity index is 752. The first kappa shape index (κ1) is 23.0. The van der Waals surface area contributed by atoms with Crippen molar-refractivity contribution in [1.82, 2.24) is 10.6 Å². The second kappa shape index (κ2) is 11.6. The molecule has 0 bridgehead atoms. The Hall–Kier alpha value is -2.09. The first-order valence-corrected chi connectivity index (χ1v) is 8.96. The predicted molar refractivity (Wildman–Crippen MR) is 123 cm³/mol. The normalized spacial score (nSPS) is 10.9. The van der Waals surface area contributed by atoms with Crippen LogP contribution in [0.15, 0.2) is 47.5 Å². The Balaban J connectivity index is 0.00000364. The second-order valence-electron chi connectivity index (χ2n) is 6.43. The summed E-state index contributed by atoms with van der Waals surface area (Å²) in [5.41, 5.74) is 10.7. The smallest absolute Gasteiger partial charge is 0.248 e. The van der Waals surface area contributed by atoms with Crippen LogP contribution in [0.4, 0.5) is 0 Å². The number of amides is 1. The van der Waals surface area contributed by atoms with Gasteiger partial charge >= 0.3 is 0 Å². The highest BCUT2D eigenvalue weighted by Crippen LogP contribution is 2.09. The van der Waals surface area contributed by atoms with Crippen LogP contribution in [0.1, 0.15) is 39.5 Å². The molecule has 0 aliphatic heterocycles. The molecular weight excluding hydrogens is 451 g/mol. The molecule has 0 unspecified atom stereocenters. The van der Waals surface area contributed by atoms with Gasteiger partial charge < -0.3 is 16.4 Å². The molecule has 0 fully saturated rings. The number of nitrogens with one attached hydrogen (secondary N) is 2. The van der Waals surface area contributed by atoms with Gasteiger partial charge in [0.1, 0.15) is 0 Å². The number of guanidine groups is 1. The third-order valence-electron chi connectivity index (χ3n) is 3.99. The molecule has 2 aromatic carbocycles. The fourth-order valence-electron chi connectivity index (χ4n) is 2.83. The third-order valence-corrected chi connectivity index (χ3v) is 3.99. The van der Waals surface area contributed by atoms with Crippen LogP contribution in [0, 0.1) is 13.8 Å². The number of halogens is 1. The minimum Gasteiger partial charge on any atom is -0.366 e. The van der Waals surface area contributed by atoms with Gasteiger partial charge in [-0.25, -0.2) is 4.99 Å². The number of carbonyl (C=O) groups is 1. The van der Waals surface area contributed by atoms with Crippen LogP contribution in [-0.2, 0) is 13.0 Å². The highest BCUT2D eigenvalue weighted by atomic mass is 127. The van der Waals surface area contributed by atoms with Crippen molar-refractivity contribution in [2.45, 2.75) is 33.7 Å². The number of rotatable bonds is 7. The quantitative estimate of drug-likeness (QED) is 0.323. The SMILES string of the molecule is CCNC(=NCc1ccc(C(N)=O)cc1)NCCc1cc(C)cc(C)c1.I. The molecule has 0 saturated carbocycles. The number of benzene rings is 2. The van der Waals surface area contributed by atoms with E-state index in [1.54, 1.807) is 12.1 Å². The number of hydrogen-bond acceptors (Lipinski definition) is 2. The lowest BCUT2D eigenvalue weighted by Gasteiger charge is -2.12. The molecule has 4 N–H and O–H groups in total. The lowest BCUT2D eigenvalue weighted by molar-refractivity contribution is 0.100. The van der Waals surface area contributed by atoms with Crippen molar-refractivity contribution in [3.05, 3.63) is 70.3 Å². The van der Waals surface area contributed by atoms with E-state index in [2.05, 4.69) is 47.7 Å². The summed E-state index contributed by atoms with van der Waals surface area (Å²) in [5, 5.41) is 6.63. The third kappa shape index (κ3) is 7.99. The van der Waals surface area contributed by atoms with Crippen LogP contribution in [0.25, 0.3) is 0 Å². The lowest BCUT2D eigenvalue weighted by atomic mass is 10.1. The van der Waals surface area contributed by atoms with E-state index in [0.29, 0.717) is 12.1 Å². The first-order valence-electron chi connectivity index (χ1n) is 8.96. The first-order chi connectivity index (χ1) is 12.5. The molecule has 0 spiro atoms. The number of aryl methyl sites for hydroxylation is 2. The predicted octanol–water partition coefficient (Wildman–Crippen LogP) is 3.32. The molecule has 0 radical (unpaired) electrons. The van der Waals surface area contributed by atoms with Gasteiger partial charge in [-0.05, 0) is 50.5 Å². The number of nitrogens with two attached hydrogens (primary N) is 1. The lowest BCUT2D eigenvalue weighted by Crippen LogP contribution is -2.38. The Kier molecular flexibility index (Phi) is 9.85. The van der Waals surface area contributed by atoms with Crippen molar-refractivity contribution in [1.29, 1.82) is 0 Å². The Morgan fingerprint density at radius 1 is 1.00 bits per heavy atom. The fourth-order valence-corrected chi connectivity index (χ4v) is 2.83. The van der Waals surface area contributed by atoms with E-state index in [-0.39, 0.29) is 24.0 Å². The summed E-state index contributed by atoms with van der Waals surface area (Å²) >= 11 is 0. The van der Waals surface area contributed by atoms with Crippen LogP contribution >= 0.6 is 24.0 Å². The van der Waals surface area contributed by atoms with Crippen molar-refractivity contribution >= 4 is 35.8 Å². The zero-order chi connectivity index (χ0) is 18.9. The summed E-state index contributed by atoms with van der Waals surface area (Å²) < 4.78 is 0. The average Bonchev–Trinajstić information content (AvgIpc) is 2.59. The summed E-state index contributed by atoms with van der Waals surface area (Å²) in [6.07, 6.45) is 0.945. The van der Waals surface area contributed by atoms with Gasteiger partial charge in [-0.1, -0.05) is 41.5 Å². The van der Waals surface area contributed by atoms with Gasteiger partial charge in [-0.2, -0.15) is 0 Å². The van der Waals surface area contributed by atoms with Gasteiger partial charge in [0.05, 0.1) is 6.54 Å². The van der Waals surface area contributed by atoms with E-state index in [9.17, 15) is 4.79 Å². The van der Waals surface area contributed by atoms with Gasteiger partial charge in [0, 0.05) is 18.7 Å². The molecule has 5 nitrogen and oxygen atoms in total. The van der Waals surface area contributed by atoms with E-state index in [1.165, 1.54) is 16.7 Å². The Labute approximate surface area is 178 Å². The molecule has 0 heterocycles. The van der Waals surface area contributed by atoms with Gasteiger partial charge in [0.25, 0.3) is 0 Å². The zero-order valence-corrected chi connectivity index (χ0v) is 18.5. The molecule has 0 atom stereocenters. The molecule has 2 aromatic rings. The van der Waals surface area contributed by atoms with E-state index in [1.807, 2.05) is 19.1 Å². The zero-order valence-electron chi connectivity index (χ0n) is 16.2. The van der Waals surface area contributed by atoms with E-state index in [0.717, 1.165) is 31.0 Å². The highest BCUT2D eigenvalue weighted by Gasteiger charge is 2.02.